The van der Waals surface area contributed by atoms with Crippen molar-refractivity contribution in [3.05, 3.63) is 29.8 Å². The standard InChI is InChI=1S/C13H15NO5/c1-3-11(16)14-12(13(17)18)9-4-6-10(7-5-9)19-8(2)15/h4-7,12H,3H2,1-2H3,(H,14,16)(H,17,18). The number of amides is 1. The van der Waals surface area contributed by atoms with E-state index < -0.39 is 18.0 Å². The van der Waals surface area contributed by atoms with Gasteiger partial charge in [0.2, 0.25) is 5.91 Å². The third-order valence-electron chi connectivity index (χ3n) is 2.35. The lowest BCUT2D eigenvalue weighted by atomic mass is 10.1. The van der Waals surface area contributed by atoms with Crippen LogP contribution in [0.1, 0.15) is 31.9 Å². The van der Waals surface area contributed by atoms with Crippen molar-refractivity contribution in [3.8, 4) is 5.75 Å². The number of esters is 1. The van der Waals surface area contributed by atoms with Crippen molar-refractivity contribution < 1.29 is 24.2 Å². The van der Waals surface area contributed by atoms with Crippen LogP contribution in [0.2, 0.25) is 0 Å². The number of carbonyl (C=O) groups is 3. The van der Waals surface area contributed by atoms with Crippen LogP contribution in [-0.2, 0) is 14.4 Å². The number of nitrogens with one attached hydrogen (secondary N) is 1. The van der Waals surface area contributed by atoms with Crippen LogP contribution in [0, 0.1) is 0 Å². The highest BCUT2D eigenvalue weighted by Gasteiger charge is 2.21. The summed E-state index contributed by atoms with van der Waals surface area (Å²) in [5.41, 5.74) is 0.408. The molecule has 0 aliphatic heterocycles. The fraction of sp³-hybridized carbons (Fsp3) is 0.308. The van der Waals surface area contributed by atoms with E-state index in [4.69, 9.17) is 9.84 Å². The Kier molecular flexibility index (Phi) is 5.05. The highest BCUT2D eigenvalue weighted by molar-refractivity contribution is 5.84. The summed E-state index contributed by atoms with van der Waals surface area (Å²) in [6.07, 6.45) is 0.204. The van der Waals surface area contributed by atoms with E-state index in [1.165, 1.54) is 31.2 Å². The lowest BCUT2D eigenvalue weighted by molar-refractivity contribution is -0.142. The number of carbonyl (C=O) groups excluding carboxylic acids is 2. The van der Waals surface area contributed by atoms with Gasteiger partial charge >= 0.3 is 11.9 Å². The van der Waals surface area contributed by atoms with Gasteiger partial charge in [-0.2, -0.15) is 0 Å². The Morgan fingerprint density at radius 3 is 2.26 bits per heavy atom. The van der Waals surface area contributed by atoms with E-state index in [2.05, 4.69) is 5.32 Å². The van der Waals surface area contributed by atoms with Crippen LogP contribution in [0.5, 0.6) is 5.75 Å². The van der Waals surface area contributed by atoms with E-state index in [9.17, 15) is 14.4 Å². The average Bonchev–Trinajstić information content (AvgIpc) is 2.35. The van der Waals surface area contributed by atoms with E-state index in [1.807, 2.05) is 0 Å². The first kappa shape index (κ1) is 14.7. The molecule has 0 heterocycles. The number of hydrogen-bond donors (Lipinski definition) is 2. The first-order chi connectivity index (χ1) is 8.93. The van der Waals surface area contributed by atoms with E-state index in [0.717, 1.165) is 0 Å². The van der Waals surface area contributed by atoms with E-state index in [0.29, 0.717) is 11.3 Å². The van der Waals surface area contributed by atoms with Gasteiger partial charge in [-0.15, -0.1) is 0 Å². The third-order valence-corrected chi connectivity index (χ3v) is 2.35. The second kappa shape index (κ2) is 6.53. The van der Waals surface area contributed by atoms with Gasteiger partial charge in [-0.1, -0.05) is 19.1 Å². The monoisotopic (exact) mass is 265 g/mol. The Labute approximate surface area is 110 Å². The molecule has 6 heteroatoms. The molecule has 1 atom stereocenters. The Hall–Kier alpha value is -2.37. The molecule has 1 amide bonds. The van der Waals surface area contributed by atoms with Crippen LogP contribution in [0.25, 0.3) is 0 Å². The van der Waals surface area contributed by atoms with Crippen molar-refractivity contribution in [3.63, 3.8) is 0 Å². The van der Waals surface area contributed by atoms with E-state index in [1.54, 1.807) is 6.92 Å². The molecule has 0 aliphatic rings. The fourth-order valence-corrected chi connectivity index (χ4v) is 1.44. The molecule has 1 aromatic rings. The number of aliphatic carboxylic acids is 1. The summed E-state index contributed by atoms with van der Waals surface area (Å²) in [7, 11) is 0. The molecule has 19 heavy (non-hydrogen) atoms. The summed E-state index contributed by atoms with van der Waals surface area (Å²) in [5.74, 6) is -1.64. The lowest BCUT2D eigenvalue weighted by Crippen LogP contribution is -2.33. The third kappa shape index (κ3) is 4.42. The maximum Gasteiger partial charge on any atom is 0.330 e. The van der Waals surface area contributed by atoms with Crippen LogP contribution in [-0.4, -0.2) is 23.0 Å². The van der Waals surface area contributed by atoms with Gasteiger partial charge in [0.25, 0.3) is 0 Å². The molecule has 1 rings (SSSR count). The van der Waals surface area contributed by atoms with Crippen LogP contribution in [0.3, 0.4) is 0 Å². The minimum absolute atomic E-state index is 0.204. The molecule has 0 aromatic heterocycles. The predicted octanol–water partition coefficient (Wildman–Crippen LogP) is 1.26. The normalized spacial score (nSPS) is 11.5. The van der Waals surface area contributed by atoms with Crippen molar-refractivity contribution in [2.24, 2.45) is 0 Å². The zero-order valence-corrected chi connectivity index (χ0v) is 10.7. The average molecular weight is 265 g/mol. The Morgan fingerprint density at radius 2 is 1.84 bits per heavy atom. The first-order valence-corrected chi connectivity index (χ1v) is 5.74. The number of carboxylic acids is 1. The molecule has 0 saturated heterocycles. The predicted molar refractivity (Wildman–Crippen MR) is 66.6 cm³/mol. The van der Waals surface area contributed by atoms with Crippen molar-refractivity contribution in [2.75, 3.05) is 0 Å². The molecule has 0 bridgehead atoms. The zero-order valence-electron chi connectivity index (χ0n) is 10.7. The topological polar surface area (TPSA) is 92.7 Å². The first-order valence-electron chi connectivity index (χ1n) is 5.74. The number of hydrogen-bond acceptors (Lipinski definition) is 4. The van der Waals surface area contributed by atoms with Crippen molar-refractivity contribution in [1.29, 1.82) is 0 Å². The van der Waals surface area contributed by atoms with E-state index >= 15 is 0 Å². The van der Waals surface area contributed by atoms with Gasteiger partial charge in [0.05, 0.1) is 0 Å². The lowest BCUT2D eigenvalue weighted by Gasteiger charge is -2.14. The van der Waals surface area contributed by atoms with Gasteiger partial charge in [-0.05, 0) is 17.7 Å². The van der Waals surface area contributed by atoms with Gasteiger partial charge < -0.3 is 15.2 Å². The molecule has 0 spiro atoms. The fourth-order valence-electron chi connectivity index (χ4n) is 1.44. The summed E-state index contributed by atoms with van der Waals surface area (Å²) in [6.45, 7) is 2.91. The molecule has 6 nitrogen and oxygen atoms in total. The van der Waals surface area contributed by atoms with Gasteiger partial charge in [-0.3, -0.25) is 9.59 Å². The molecule has 0 saturated carbocycles. The maximum atomic E-state index is 11.3. The molecule has 2 N–H and O–H groups in total. The van der Waals surface area contributed by atoms with Crippen LogP contribution < -0.4 is 10.1 Å². The van der Waals surface area contributed by atoms with Gasteiger partial charge in [0, 0.05) is 13.3 Å². The summed E-state index contributed by atoms with van der Waals surface area (Å²) < 4.78 is 4.84. The second-order valence-corrected chi connectivity index (χ2v) is 3.85. The van der Waals surface area contributed by atoms with Crippen LogP contribution >= 0.6 is 0 Å². The molecule has 1 unspecified atom stereocenters. The highest BCUT2D eigenvalue weighted by atomic mass is 16.5. The molecular weight excluding hydrogens is 250 g/mol. The summed E-state index contributed by atoms with van der Waals surface area (Å²) in [4.78, 5) is 33.1. The summed E-state index contributed by atoms with van der Waals surface area (Å²) >= 11 is 0. The van der Waals surface area contributed by atoms with E-state index in [-0.39, 0.29) is 12.3 Å². The number of benzene rings is 1. The van der Waals surface area contributed by atoms with Crippen LogP contribution in [0.15, 0.2) is 24.3 Å². The Balaban J connectivity index is 2.88. The number of carboxylic acid groups (broad SMARTS) is 1. The summed E-state index contributed by atoms with van der Waals surface area (Å²) in [6, 6.07) is 4.83. The van der Waals surface area contributed by atoms with Crippen molar-refractivity contribution in [1.82, 2.24) is 5.32 Å². The summed E-state index contributed by atoms with van der Waals surface area (Å²) in [5, 5.41) is 11.5. The highest BCUT2D eigenvalue weighted by Crippen LogP contribution is 2.18. The van der Waals surface area contributed by atoms with Gasteiger partial charge in [0.15, 0.2) is 6.04 Å². The Morgan fingerprint density at radius 1 is 1.26 bits per heavy atom. The Bertz CT molecular complexity index is 480. The van der Waals surface area contributed by atoms with Crippen LogP contribution in [0.4, 0.5) is 0 Å². The largest absolute Gasteiger partial charge is 0.479 e. The minimum atomic E-state index is -1.15. The molecular formula is C13H15NO5. The van der Waals surface area contributed by atoms with Crippen molar-refractivity contribution >= 4 is 17.8 Å². The minimum Gasteiger partial charge on any atom is -0.479 e. The van der Waals surface area contributed by atoms with Gasteiger partial charge in [-0.25, -0.2) is 4.79 Å². The number of ether oxygens (including phenoxy) is 1. The number of rotatable bonds is 5. The van der Waals surface area contributed by atoms with Gasteiger partial charge in [0.1, 0.15) is 5.75 Å². The quantitative estimate of drug-likeness (QED) is 0.617. The molecule has 1 aromatic carbocycles. The van der Waals surface area contributed by atoms with Crippen molar-refractivity contribution in [2.45, 2.75) is 26.3 Å². The second-order valence-electron chi connectivity index (χ2n) is 3.85. The smallest absolute Gasteiger partial charge is 0.330 e. The SMILES string of the molecule is CCC(=O)NC(C(=O)O)c1ccc(OC(C)=O)cc1. The zero-order chi connectivity index (χ0) is 14.4. The maximum absolute atomic E-state index is 11.3. The molecule has 0 radical (unpaired) electrons. The molecule has 0 fully saturated rings. The molecule has 102 valence electrons. The molecule has 0 aliphatic carbocycles.